The molecule has 0 rings (SSSR count). The Hall–Kier alpha value is 2.67. The molecule has 0 spiro atoms. The molecule has 0 aromatic heterocycles. The Labute approximate surface area is 102 Å². The van der Waals surface area contributed by atoms with E-state index < -0.39 is 0 Å². The van der Waals surface area contributed by atoms with E-state index in [1.165, 1.54) is 0 Å². The molecule has 0 N–H and O–H groups in total. The van der Waals surface area contributed by atoms with E-state index in [1.54, 1.807) is 0 Å². The molecule has 0 atom stereocenters. The second-order valence-electron chi connectivity index (χ2n) is 0. The molecule has 0 heterocycles. The predicted octanol–water partition coefficient (Wildman–Crippen LogP) is -3.36. The van der Waals surface area contributed by atoms with Crippen molar-refractivity contribution in [3.63, 3.8) is 0 Å². The summed E-state index contributed by atoms with van der Waals surface area (Å²) in [7, 11) is 0. The predicted molar refractivity (Wildman–Crippen MR) is 2.06 cm³/mol. The van der Waals surface area contributed by atoms with E-state index in [1.807, 2.05) is 0 Å². The van der Waals surface area contributed by atoms with Gasteiger partial charge in [-0.25, -0.2) is 0 Å². The van der Waals surface area contributed by atoms with Gasteiger partial charge in [0.1, 0.15) is 0 Å². The van der Waals surface area contributed by atoms with Gasteiger partial charge in [-0.3, -0.25) is 0 Å². The van der Waals surface area contributed by atoms with E-state index in [4.69, 9.17) is 0 Å². The third-order valence-electron chi connectivity index (χ3n) is 0. The quantitative estimate of drug-likeness (QED) is 0.369. The summed E-state index contributed by atoms with van der Waals surface area (Å²) in [5.74, 6) is 0. The van der Waals surface area contributed by atoms with Crippen LogP contribution in [0.5, 0.6) is 0 Å². The number of hydrogen-bond acceptors (Lipinski definition) is 0. The molecular weight excluding hydrogens is 204 g/mol. The Kier molecular flexibility index (Phi) is 570. The van der Waals surface area contributed by atoms with Gasteiger partial charge < -0.3 is 16.4 Å². The minimum absolute atomic E-state index is 0. The summed E-state index contributed by atoms with van der Waals surface area (Å²) < 4.78 is 0. The van der Waals surface area contributed by atoms with Crippen molar-refractivity contribution in [1.82, 2.24) is 0 Å². The van der Waals surface area contributed by atoms with Gasteiger partial charge in [-0.05, 0) is 0 Å². The summed E-state index contributed by atoms with van der Waals surface area (Å²) >= 11 is 0. The molecule has 3 nitrogen and oxygen atoms in total. The SMILES string of the molecule is [Cr+3].[K+].[O-2].[O-2].[O-2].[Zn+2]. The van der Waals surface area contributed by atoms with Crippen molar-refractivity contribution in [2.75, 3.05) is 0 Å². The summed E-state index contributed by atoms with van der Waals surface area (Å²) in [6.45, 7) is 0. The molecule has 0 saturated heterocycles. The van der Waals surface area contributed by atoms with Crippen LogP contribution in [0.1, 0.15) is 0 Å². The summed E-state index contributed by atoms with van der Waals surface area (Å²) in [4.78, 5) is 0. The third kappa shape index (κ3) is 30.1. The maximum absolute atomic E-state index is 0. The van der Waals surface area contributed by atoms with Crippen LogP contribution in [-0.2, 0) is 53.3 Å². The molecule has 0 amide bonds. The van der Waals surface area contributed by atoms with Crippen LogP contribution >= 0.6 is 0 Å². The normalized spacial score (nSPS) is 0. The molecule has 0 bridgehead atoms. The van der Waals surface area contributed by atoms with Gasteiger partial charge in [0, 0.05) is 0 Å². The fourth-order valence-electron chi connectivity index (χ4n) is 0. The zero-order chi connectivity index (χ0) is 0. The zero-order valence-electron chi connectivity index (χ0n) is 3.34. The minimum atomic E-state index is 0. The van der Waals surface area contributed by atoms with Crippen LogP contribution in [-0.4, -0.2) is 0 Å². The van der Waals surface area contributed by atoms with Crippen molar-refractivity contribution >= 4 is 0 Å². The topological polar surface area (TPSA) is 85.5 Å². The molecule has 0 aliphatic carbocycles. The van der Waals surface area contributed by atoms with Crippen LogP contribution in [0, 0.1) is 0 Å². The van der Waals surface area contributed by atoms with E-state index in [2.05, 4.69) is 0 Å². The van der Waals surface area contributed by atoms with Crippen molar-refractivity contribution < 1.29 is 105 Å². The first-order valence-electron chi connectivity index (χ1n) is 0. The van der Waals surface area contributed by atoms with E-state index >= 15 is 0 Å². The molecule has 0 aromatic rings. The summed E-state index contributed by atoms with van der Waals surface area (Å²) in [6, 6.07) is 0. The van der Waals surface area contributed by atoms with Crippen molar-refractivity contribution in [1.29, 1.82) is 0 Å². The van der Waals surface area contributed by atoms with Crippen molar-refractivity contribution in [3.05, 3.63) is 0 Å². The molecule has 0 aliphatic rings. The molecular formula is CrKO3Zn. The van der Waals surface area contributed by atoms with Crippen molar-refractivity contribution in [2.45, 2.75) is 0 Å². The van der Waals surface area contributed by atoms with Crippen LogP contribution in [0.4, 0.5) is 0 Å². The fraction of sp³-hybridized carbons (Fsp3) is 0. The molecule has 1 radical (unpaired) electrons. The van der Waals surface area contributed by atoms with E-state index in [9.17, 15) is 0 Å². The van der Waals surface area contributed by atoms with E-state index in [-0.39, 0.29) is 105 Å². The van der Waals surface area contributed by atoms with E-state index in [0.717, 1.165) is 0 Å². The third-order valence-corrected chi connectivity index (χ3v) is 0. The van der Waals surface area contributed by atoms with Gasteiger partial charge in [-0.1, -0.05) is 0 Å². The van der Waals surface area contributed by atoms with Crippen LogP contribution in [0.2, 0.25) is 0 Å². The Balaban J connectivity index is 0. The summed E-state index contributed by atoms with van der Waals surface area (Å²) in [6.07, 6.45) is 0. The number of hydrogen-bond donors (Lipinski definition) is 0. The minimum Gasteiger partial charge on any atom is -2.00 e. The van der Waals surface area contributed by atoms with Crippen molar-refractivity contribution in [2.24, 2.45) is 0 Å². The fourth-order valence-corrected chi connectivity index (χ4v) is 0. The van der Waals surface area contributed by atoms with Gasteiger partial charge in [-0.15, -0.1) is 0 Å². The van der Waals surface area contributed by atoms with E-state index in [0.29, 0.717) is 0 Å². The maximum atomic E-state index is 0. The Bertz CT molecular complexity index is 10.8. The summed E-state index contributed by atoms with van der Waals surface area (Å²) in [5.41, 5.74) is 0. The number of rotatable bonds is 0. The zero-order valence-corrected chi connectivity index (χ0v) is 10.7. The molecule has 6 heteroatoms. The van der Waals surface area contributed by atoms with Crippen LogP contribution in [0.15, 0.2) is 0 Å². The monoisotopic (exact) mass is 203 g/mol. The first-order chi connectivity index (χ1) is 0. The Morgan fingerprint density at radius 1 is 0.667 bits per heavy atom. The first kappa shape index (κ1) is 71.5. The smallest absolute Gasteiger partial charge is 2.00 e. The Morgan fingerprint density at radius 3 is 0.667 bits per heavy atom. The van der Waals surface area contributed by atoms with Gasteiger partial charge in [0.15, 0.2) is 0 Å². The van der Waals surface area contributed by atoms with Gasteiger partial charge >= 0.3 is 88.2 Å². The van der Waals surface area contributed by atoms with Crippen LogP contribution < -0.4 is 51.4 Å². The second-order valence-corrected chi connectivity index (χ2v) is 0. The molecule has 0 fully saturated rings. The maximum Gasteiger partial charge on any atom is 3.00 e. The largest absolute Gasteiger partial charge is 3.00 e. The average molecular weight is 204 g/mol. The summed E-state index contributed by atoms with van der Waals surface area (Å²) in [5, 5.41) is 0. The van der Waals surface area contributed by atoms with Gasteiger partial charge in [0.25, 0.3) is 0 Å². The molecule has 0 saturated carbocycles. The molecule has 6 heavy (non-hydrogen) atoms. The first-order valence-corrected chi connectivity index (χ1v) is 0. The van der Waals surface area contributed by atoms with Crippen LogP contribution in [0.3, 0.4) is 0 Å². The van der Waals surface area contributed by atoms with Gasteiger partial charge in [0.05, 0.1) is 0 Å². The van der Waals surface area contributed by atoms with Crippen LogP contribution in [0.25, 0.3) is 0 Å². The second kappa shape index (κ2) is 47.8. The molecule has 0 aromatic carbocycles. The standard InChI is InChI=1S/Cr.K.3O.Zn/q+3;+1;3*-2;+2. The average Bonchev–Trinajstić information content (AvgIpc) is 0. The molecule has 0 unspecified atom stereocenters. The Morgan fingerprint density at radius 2 is 0.667 bits per heavy atom. The van der Waals surface area contributed by atoms with Gasteiger partial charge in [-0.2, -0.15) is 0 Å². The van der Waals surface area contributed by atoms with Crippen molar-refractivity contribution in [3.8, 4) is 0 Å². The van der Waals surface area contributed by atoms with Gasteiger partial charge in [0.2, 0.25) is 0 Å². The molecule has 27 valence electrons. The molecule has 0 aliphatic heterocycles.